The number of rotatable bonds is 9. The zero-order valence-corrected chi connectivity index (χ0v) is 12.0. The lowest BCUT2D eigenvalue weighted by molar-refractivity contribution is 0.0717. The van der Waals surface area contributed by atoms with Crippen LogP contribution in [0.15, 0.2) is 24.5 Å². The van der Waals surface area contributed by atoms with Crippen molar-refractivity contribution in [2.45, 2.75) is 6.04 Å². The van der Waals surface area contributed by atoms with Crippen LogP contribution in [-0.2, 0) is 9.47 Å². The second-order valence-electron chi connectivity index (χ2n) is 4.86. The predicted molar refractivity (Wildman–Crippen MR) is 77.2 cm³/mol. The summed E-state index contributed by atoms with van der Waals surface area (Å²) in [7, 11) is 1.68. The summed E-state index contributed by atoms with van der Waals surface area (Å²) in [6.45, 7) is 4.79. The minimum Gasteiger partial charge on any atom is -0.382 e. The van der Waals surface area contributed by atoms with Crippen molar-refractivity contribution in [3.05, 3.63) is 30.1 Å². The molecule has 0 aromatic carbocycles. The van der Waals surface area contributed by atoms with E-state index in [0.717, 1.165) is 19.6 Å². The summed E-state index contributed by atoms with van der Waals surface area (Å²) in [4.78, 5) is 4.18. The van der Waals surface area contributed by atoms with E-state index >= 15 is 0 Å². The van der Waals surface area contributed by atoms with Gasteiger partial charge in [-0.1, -0.05) is 6.07 Å². The third kappa shape index (κ3) is 4.81. The highest BCUT2D eigenvalue weighted by Gasteiger charge is 2.27. The van der Waals surface area contributed by atoms with E-state index in [1.165, 1.54) is 5.56 Å². The Morgan fingerprint density at radius 3 is 3.15 bits per heavy atom. The highest BCUT2D eigenvalue weighted by Crippen LogP contribution is 2.23. The number of pyridine rings is 1. The van der Waals surface area contributed by atoms with Crippen molar-refractivity contribution in [1.29, 1.82) is 0 Å². The molecule has 1 aromatic rings. The maximum Gasteiger partial charge on any atom is 0.0700 e. The van der Waals surface area contributed by atoms with Gasteiger partial charge in [0, 0.05) is 45.1 Å². The second kappa shape index (κ2) is 8.99. The largest absolute Gasteiger partial charge is 0.382 e. The van der Waals surface area contributed by atoms with E-state index in [1.807, 2.05) is 12.3 Å². The SMILES string of the molecule is COCCOCCNCC1CNNC1c1cccnc1. The zero-order chi connectivity index (χ0) is 14.0. The summed E-state index contributed by atoms with van der Waals surface area (Å²) in [6, 6.07) is 4.40. The zero-order valence-electron chi connectivity index (χ0n) is 12.0. The molecule has 0 aliphatic carbocycles. The van der Waals surface area contributed by atoms with Gasteiger partial charge in [0.15, 0.2) is 0 Å². The molecule has 6 nitrogen and oxygen atoms in total. The molecule has 2 atom stereocenters. The first-order chi connectivity index (χ1) is 9.92. The molecular weight excluding hydrogens is 256 g/mol. The number of ether oxygens (including phenoxy) is 2. The van der Waals surface area contributed by atoms with Crippen molar-refractivity contribution in [2.75, 3.05) is 46.6 Å². The van der Waals surface area contributed by atoms with Gasteiger partial charge in [0.25, 0.3) is 0 Å². The fraction of sp³-hybridized carbons (Fsp3) is 0.643. The van der Waals surface area contributed by atoms with Gasteiger partial charge in [-0.05, 0) is 11.6 Å². The van der Waals surface area contributed by atoms with E-state index in [0.29, 0.717) is 31.8 Å². The molecule has 0 bridgehead atoms. The molecule has 1 aromatic heterocycles. The van der Waals surface area contributed by atoms with Crippen molar-refractivity contribution >= 4 is 0 Å². The van der Waals surface area contributed by atoms with E-state index in [9.17, 15) is 0 Å². The Kier molecular flexibility index (Phi) is 6.90. The number of hydrogen-bond donors (Lipinski definition) is 3. The van der Waals surface area contributed by atoms with Crippen molar-refractivity contribution in [3.8, 4) is 0 Å². The van der Waals surface area contributed by atoms with Gasteiger partial charge >= 0.3 is 0 Å². The molecule has 0 radical (unpaired) electrons. The molecule has 1 fully saturated rings. The fourth-order valence-electron chi connectivity index (χ4n) is 2.32. The summed E-state index contributed by atoms with van der Waals surface area (Å²) in [5, 5.41) is 3.44. The average Bonchev–Trinajstić information content (AvgIpc) is 2.96. The van der Waals surface area contributed by atoms with Crippen molar-refractivity contribution < 1.29 is 9.47 Å². The summed E-state index contributed by atoms with van der Waals surface area (Å²) >= 11 is 0. The topological polar surface area (TPSA) is 67.4 Å². The van der Waals surface area contributed by atoms with E-state index in [1.54, 1.807) is 13.3 Å². The number of methoxy groups -OCH3 is 1. The molecule has 2 heterocycles. The smallest absolute Gasteiger partial charge is 0.0700 e. The van der Waals surface area contributed by atoms with Gasteiger partial charge < -0.3 is 14.8 Å². The molecule has 112 valence electrons. The number of aromatic nitrogens is 1. The van der Waals surface area contributed by atoms with Gasteiger partial charge in [-0.3, -0.25) is 10.4 Å². The van der Waals surface area contributed by atoms with Crippen LogP contribution in [0.1, 0.15) is 11.6 Å². The maximum absolute atomic E-state index is 5.42. The van der Waals surface area contributed by atoms with Crippen molar-refractivity contribution in [3.63, 3.8) is 0 Å². The molecule has 20 heavy (non-hydrogen) atoms. The maximum atomic E-state index is 5.42. The highest BCUT2D eigenvalue weighted by atomic mass is 16.5. The summed E-state index contributed by atoms with van der Waals surface area (Å²) in [5.74, 6) is 0.512. The average molecular weight is 280 g/mol. The molecule has 6 heteroatoms. The first-order valence-corrected chi connectivity index (χ1v) is 7.07. The fourth-order valence-corrected chi connectivity index (χ4v) is 2.32. The minimum absolute atomic E-state index is 0.311. The van der Waals surface area contributed by atoms with E-state index < -0.39 is 0 Å². The van der Waals surface area contributed by atoms with Crippen molar-refractivity contribution in [1.82, 2.24) is 21.2 Å². The molecular formula is C14H24N4O2. The lowest BCUT2D eigenvalue weighted by Gasteiger charge is -2.18. The minimum atomic E-state index is 0.311. The normalized spacial score (nSPS) is 22.2. The predicted octanol–water partition coefficient (Wildman–Crippen LogP) is 0.0993. The number of hydrogen-bond acceptors (Lipinski definition) is 6. The second-order valence-corrected chi connectivity index (χ2v) is 4.86. The Balaban J connectivity index is 1.65. The van der Waals surface area contributed by atoms with E-state index in [-0.39, 0.29) is 0 Å². The van der Waals surface area contributed by atoms with Crippen molar-refractivity contribution in [2.24, 2.45) is 5.92 Å². The van der Waals surface area contributed by atoms with Crippen LogP contribution in [-0.4, -0.2) is 51.5 Å². The third-order valence-corrected chi connectivity index (χ3v) is 3.40. The third-order valence-electron chi connectivity index (χ3n) is 3.40. The van der Waals surface area contributed by atoms with Crippen LogP contribution in [0.5, 0.6) is 0 Å². The molecule has 1 aliphatic heterocycles. The Bertz CT molecular complexity index is 363. The van der Waals surface area contributed by atoms with Gasteiger partial charge in [0.2, 0.25) is 0 Å². The molecule has 1 saturated heterocycles. The summed E-state index contributed by atoms with van der Waals surface area (Å²) in [5.41, 5.74) is 7.76. The molecule has 0 amide bonds. The van der Waals surface area contributed by atoms with Crippen LogP contribution in [0.4, 0.5) is 0 Å². The Morgan fingerprint density at radius 1 is 1.40 bits per heavy atom. The monoisotopic (exact) mass is 280 g/mol. The first kappa shape index (κ1) is 15.3. The molecule has 2 unspecified atom stereocenters. The van der Waals surface area contributed by atoms with Gasteiger partial charge in [-0.2, -0.15) is 0 Å². The van der Waals surface area contributed by atoms with Gasteiger partial charge in [0.1, 0.15) is 0 Å². The van der Waals surface area contributed by atoms with Crippen LogP contribution in [0.2, 0.25) is 0 Å². The molecule has 0 saturated carbocycles. The van der Waals surface area contributed by atoms with E-state index in [4.69, 9.17) is 9.47 Å². The van der Waals surface area contributed by atoms with E-state index in [2.05, 4.69) is 27.2 Å². The van der Waals surface area contributed by atoms with Gasteiger partial charge in [-0.15, -0.1) is 0 Å². The quantitative estimate of drug-likeness (QED) is 0.558. The van der Waals surface area contributed by atoms with Crippen LogP contribution in [0.3, 0.4) is 0 Å². The Hall–Kier alpha value is -1.05. The number of nitrogens with one attached hydrogen (secondary N) is 3. The first-order valence-electron chi connectivity index (χ1n) is 7.07. The highest BCUT2D eigenvalue weighted by molar-refractivity contribution is 5.16. The molecule has 1 aliphatic rings. The summed E-state index contributed by atoms with van der Waals surface area (Å²) < 4.78 is 10.3. The standard InChI is InChI=1S/C14H24N4O2/c1-19-7-8-20-6-5-16-10-13-11-17-18-14(13)12-3-2-4-15-9-12/h2-4,9,13-14,16-18H,5-8,10-11H2,1H3. The van der Waals surface area contributed by atoms with Crippen LogP contribution < -0.4 is 16.2 Å². The van der Waals surface area contributed by atoms with Crippen LogP contribution in [0.25, 0.3) is 0 Å². The Labute approximate surface area is 120 Å². The molecule has 0 spiro atoms. The van der Waals surface area contributed by atoms with Gasteiger partial charge in [0.05, 0.1) is 25.9 Å². The lowest BCUT2D eigenvalue weighted by Crippen LogP contribution is -2.31. The van der Waals surface area contributed by atoms with Crippen LogP contribution in [0, 0.1) is 5.92 Å². The van der Waals surface area contributed by atoms with Crippen LogP contribution >= 0.6 is 0 Å². The molecule has 3 N–H and O–H groups in total. The number of nitrogens with zero attached hydrogens (tertiary/aromatic N) is 1. The molecule has 2 rings (SSSR count). The lowest BCUT2D eigenvalue weighted by atomic mass is 9.96. The number of hydrazine groups is 1. The Morgan fingerprint density at radius 2 is 2.35 bits per heavy atom. The van der Waals surface area contributed by atoms with Gasteiger partial charge in [-0.25, -0.2) is 5.43 Å². The summed E-state index contributed by atoms with van der Waals surface area (Å²) in [6.07, 6.45) is 3.72.